The molecule has 3 nitrogen and oxygen atoms in total. The molecule has 0 saturated carbocycles. The molecule has 1 aliphatic rings. The first-order chi connectivity index (χ1) is 13.3. The van der Waals surface area contributed by atoms with Crippen LogP contribution in [0.3, 0.4) is 0 Å². The highest BCUT2D eigenvalue weighted by molar-refractivity contribution is 7.97. The van der Waals surface area contributed by atoms with Crippen LogP contribution in [-0.4, -0.2) is 24.0 Å². The lowest BCUT2D eigenvalue weighted by Gasteiger charge is -2.17. The lowest BCUT2D eigenvalue weighted by Crippen LogP contribution is -2.28. The number of likely N-dealkylation sites (tertiary alicyclic amines) is 1. The molecule has 136 valence electrons. The first kappa shape index (κ1) is 18.3. The maximum Gasteiger partial charge on any atom is 0.0992 e. The molecule has 4 rings (SSSR count). The predicted molar refractivity (Wildman–Crippen MR) is 114 cm³/mol. The molecule has 1 aliphatic heterocycles. The van der Waals surface area contributed by atoms with E-state index in [1.165, 1.54) is 16.0 Å². The van der Waals surface area contributed by atoms with Crippen molar-refractivity contribution in [1.29, 1.82) is 5.26 Å². The van der Waals surface area contributed by atoms with Crippen LogP contribution in [0.25, 0.3) is 10.4 Å². The molecule has 1 N–H and O–H groups in total. The second-order valence-corrected chi connectivity index (χ2v) is 8.61. The number of benzene rings is 2. The van der Waals surface area contributed by atoms with E-state index in [4.69, 9.17) is 5.26 Å². The molecule has 1 saturated heterocycles. The average Bonchev–Trinajstić information content (AvgIpc) is 3.39. The summed E-state index contributed by atoms with van der Waals surface area (Å²) in [5, 5.41) is 11.1. The summed E-state index contributed by atoms with van der Waals surface area (Å²) in [4.78, 5) is 4.92. The zero-order valence-electron chi connectivity index (χ0n) is 15.0. The number of nitriles is 1. The number of nitrogens with one attached hydrogen (secondary N) is 1. The summed E-state index contributed by atoms with van der Waals surface area (Å²) in [5.41, 5.74) is 3.37. The SMILES string of the molecule is N#Cc1cccc(SNC2CCN(Cc3ccc(-c4cccs4)cc3)C2)c1. The second-order valence-electron chi connectivity index (χ2n) is 6.75. The van der Waals surface area contributed by atoms with Crippen LogP contribution in [-0.2, 0) is 6.54 Å². The molecule has 2 aromatic carbocycles. The zero-order chi connectivity index (χ0) is 18.5. The van der Waals surface area contributed by atoms with Crippen molar-refractivity contribution in [1.82, 2.24) is 9.62 Å². The van der Waals surface area contributed by atoms with Gasteiger partial charge in [0.1, 0.15) is 0 Å². The standard InChI is InChI=1S/C22H21N3S2/c23-14-18-3-1-4-21(13-18)27-24-20-10-11-25(16-20)15-17-6-8-19(9-7-17)22-5-2-12-26-22/h1-9,12-13,20,24H,10-11,15-16H2. The summed E-state index contributed by atoms with van der Waals surface area (Å²) in [5.74, 6) is 0. The summed E-state index contributed by atoms with van der Waals surface area (Å²) in [6.45, 7) is 3.16. The largest absolute Gasteiger partial charge is 0.297 e. The highest BCUT2D eigenvalue weighted by atomic mass is 32.2. The molecule has 0 aliphatic carbocycles. The van der Waals surface area contributed by atoms with Gasteiger partial charge in [-0.3, -0.25) is 9.62 Å². The van der Waals surface area contributed by atoms with Gasteiger partial charge in [0.2, 0.25) is 0 Å². The fourth-order valence-electron chi connectivity index (χ4n) is 3.33. The van der Waals surface area contributed by atoms with E-state index in [-0.39, 0.29) is 0 Å². The Labute approximate surface area is 168 Å². The fourth-order valence-corrected chi connectivity index (χ4v) is 4.89. The van der Waals surface area contributed by atoms with Crippen LogP contribution >= 0.6 is 23.3 Å². The maximum absolute atomic E-state index is 9.00. The third-order valence-electron chi connectivity index (χ3n) is 4.74. The van der Waals surface area contributed by atoms with Crippen molar-refractivity contribution in [3.8, 4) is 16.5 Å². The lowest BCUT2D eigenvalue weighted by molar-refractivity contribution is 0.325. The van der Waals surface area contributed by atoms with Crippen LogP contribution < -0.4 is 4.72 Å². The number of thiophene rings is 1. The summed E-state index contributed by atoms with van der Waals surface area (Å²) in [6.07, 6.45) is 1.15. The molecule has 5 heteroatoms. The second kappa shape index (κ2) is 8.73. The minimum absolute atomic E-state index is 0.478. The topological polar surface area (TPSA) is 39.1 Å². The van der Waals surface area contributed by atoms with Crippen LogP contribution in [0, 0.1) is 11.3 Å². The smallest absolute Gasteiger partial charge is 0.0992 e. The molecular weight excluding hydrogens is 370 g/mol. The van der Waals surface area contributed by atoms with Crippen molar-refractivity contribution in [3.63, 3.8) is 0 Å². The van der Waals surface area contributed by atoms with E-state index in [2.05, 4.69) is 57.5 Å². The van der Waals surface area contributed by atoms with Gasteiger partial charge < -0.3 is 0 Å². The van der Waals surface area contributed by atoms with Crippen molar-refractivity contribution in [2.24, 2.45) is 0 Å². The minimum atomic E-state index is 0.478. The van der Waals surface area contributed by atoms with E-state index < -0.39 is 0 Å². The summed E-state index contributed by atoms with van der Waals surface area (Å²) in [7, 11) is 0. The van der Waals surface area contributed by atoms with Gasteiger partial charge in [-0.2, -0.15) is 5.26 Å². The number of hydrogen-bond acceptors (Lipinski definition) is 5. The van der Waals surface area contributed by atoms with Crippen molar-refractivity contribution in [3.05, 3.63) is 77.2 Å². The molecule has 2 heterocycles. The van der Waals surface area contributed by atoms with Crippen LogP contribution in [0.2, 0.25) is 0 Å². The maximum atomic E-state index is 9.00. The number of rotatable bonds is 6. The van der Waals surface area contributed by atoms with Gasteiger partial charge in [0.15, 0.2) is 0 Å². The van der Waals surface area contributed by atoms with E-state index in [9.17, 15) is 0 Å². The predicted octanol–water partition coefficient (Wildman–Crippen LogP) is 5.16. The van der Waals surface area contributed by atoms with Gasteiger partial charge >= 0.3 is 0 Å². The van der Waals surface area contributed by atoms with Gasteiger partial charge in [-0.05, 0) is 59.1 Å². The normalized spacial score (nSPS) is 17.1. The van der Waals surface area contributed by atoms with Gasteiger partial charge in [-0.1, -0.05) is 36.4 Å². The van der Waals surface area contributed by atoms with E-state index in [0.29, 0.717) is 11.6 Å². The van der Waals surface area contributed by atoms with Gasteiger partial charge in [0.05, 0.1) is 11.6 Å². The highest BCUT2D eigenvalue weighted by Crippen LogP contribution is 2.25. The third kappa shape index (κ3) is 4.79. The van der Waals surface area contributed by atoms with E-state index in [1.807, 2.05) is 24.3 Å². The summed E-state index contributed by atoms with van der Waals surface area (Å²) < 4.78 is 3.56. The Balaban J connectivity index is 1.27. The van der Waals surface area contributed by atoms with E-state index in [0.717, 1.165) is 31.0 Å². The Hall–Kier alpha value is -2.10. The molecule has 1 fully saturated rings. The Morgan fingerprint density at radius 1 is 1.15 bits per heavy atom. The Kier molecular flexibility index (Phi) is 5.90. The molecule has 1 atom stereocenters. The molecule has 1 unspecified atom stereocenters. The number of nitrogens with zero attached hydrogens (tertiary/aromatic N) is 2. The van der Waals surface area contributed by atoms with Gasteiger partial charge in [-0.25, -0.2) is 0 Å². The monoisotopic (exact) mass is 391 g/mol. The third-order valence-corrected chi connectivity index (χ3v) is 6.60. The molecule has 0 bridgehead atoms. The first-order valence-electron chi connectivity index (χ1n) is 9.08. The van der Waals surface area contributed by atoms with Crippen molar-refractivity contribution < 1.29 is 0 Å². The van der Waals surface area contributed by atoms with Crippen molar-refractivity contribution in [2.45, 2.75) is 23.9 Å². The van der Waals surface area contributed by atoms with E-state index in [1.54, 1.807) is 23.3 Å². The van der Waals surface area contributed by atoms with Gasteiger partial charge in [0.25, 0.3) is 0 Å². The van der Waals surface area contributed by atoms with Gasteiger partial charge in [-0.15, -0.1) is 11.3 Å². The minimum Gasteiger partial charge on any atom is -0.297 e. The van der Waals surface area contributed by atoms with Crippen LogP contribution in [0.5, 0.6) is 0 Å². The Bertz CT molecular complexity index is 913. The fraction of sp³-hybridized carbons (Fsp3) is 0.227. The van der Waals surface area contributed by atoms with Gasteiger partial charge in [0, 0.05) is 35.4 Å². The summed E-state index contributed by atoms with van der Waals surface area (Å²) in [6, 6.07) is 23.6. The van der Waals surface area contributed by atoms with Crippen molar-refractivity contribution >= 4 is 23.3 Å². The molecule has 0 spiro atoms. The first-order valence-corrected chi connectivity index (χ1v) is 10.8. The molecule has 1 aromatic heterocycles. The molecule has 0 amide bonds. The molecule has 27 heavy (non-hydrogen) atoms. The Morgan fingerprint density at radius 3 is 2.81 bits per heavy atom. The van der Waals surface area contributed by atoms with Crippen molar-refractivity contribution in [2.75, 3.05) is 13.1 Å². The lowest BCUT2D eigenvalue weighted by atomic mass is 10.1. The van der Waals surface area contributed by atoms with Crippen LogP contribution in [0.4, 0.5) is 0 Å². The average molecular weight is 392 g/mol. The summed E-state index contributed by atoms with van der Waals surface area (Å²) >= 11 is 3.41. The Morgan fingerprint density at radius 2 is 2.04 bits per heavy atom. The zero-order valence-corrected chi connectivity index (χ0v) is 16.6. The molecule has 0 radical (unpaired) electrons. The van der Waals surface area contributed by atoms with Crippen LogP contribution in [0.15, 0.2) is 70.9 Å². The molecular formula is C22H21N3S2. The molecule has 3 aromatic rings. The highest BCUT2D eigenvalue weighted by Gasteiger charge is 2.22. The number of hydrogen-bond donors (Lipinski definition) is 1. The van der Waals surface area contributed by atoms with Crippen LogP contribution in [0.1, 0.15) is 17.5 Å². The quantitative estimate of drug-likeness (QED) is 0.589. The van der Waals surface area contributed by atoms with E-state index >= 15 is 0 Å².